The second-order valence-corrected chi connectivity index (χ2v) is 12.0. The highest BCUT2D eigenvalue weighted by Crippen LogP contribution is 2.73. The molecule has 200 valence electrons. The van der Waals surface area contributed by atoms with E-state index in [1.165, 1.54) is 20.1 Å². The Morgan fingerprint density at radius 2 is 1.78 bits per heavy atom. The zero-order chi connectivity index (χ0) is 26.1. The van der Waals surface area contributed by atoms with Crippen LogP contribution in [0.2, 0.25) is 0 Å². The molecular weight excluding hydrogens is 468 g/mol. The predicted octanol–water partition coefficient (Wildman–Crippen LogP) is 2.22. The molecule has 0 spiro atoms. The largest absolute Gasteiger partial charge is 0.515 e. The Morgan fingerprint density at radius 1 is 1.08 bits per heavy atom. The monoisotopic (exact) mass is 506 g/mol. The maximum atomic E-state index is 13.1. The van der Waals surface area contributed by atoms with Crippen LogP contribution < -0.4 is 0 Å². The SMILES string of the molecule is CO[C@H]1O[C@]23CC[C@H](C1C(=O)/C=C/O)[C@@]2(C)CC[C@H]1[C@H]3CC[C@]2(O)C[C@@H](O)C[C@@H](OC(C)=O)[C@]12C=O. The van der Waals surface area contributed by atoms with Crippen molar-refractivity contribution in [1.29, 1.82) is 0 Å². The Bertz CT molecular complexity index is 965. The first kappa shape index (κ1) is 25.8. The molecule has 9 heteroatoms. The first-order chi connectivity index (χ1) is 17.0. The van der Waals surface area contributed by atoms with E-state index in [1.54, 1.807) is 0 Å². The molecule has 4 aliphatic carbocycles. The quantitative estimate of drug-likeness (QED) is 0.222. The molecule has 4 saturated carbocycles. The molecule has 1 saturated heterocycles. The summed E-state index contributed by atoms with van der Waals surface area (Å²) in [5, 5.41) is 31.7. The van der Waals surface area contributed by atoms with E-state index in [0.29, 0.717) is 25.7 Å². The molecule has 3 N–H and O–H groups in total. The number of ether oxygens (including phenoxy) is 3. The number of fused-ring (bicyclic) bond motifs is 3. The van der Waals surface area contributed by atoms with E-state index in [9.17, 15) is 29.7 Å². The number of aliphatic hydroxyl groups is 3. The molecule has 1 heterocycles. The molecule has 1 unspecified atom stereocenters. The average molecular weight is 507 g/mol. The Labute approximate surface area is 211 Å². The van der Waals surface area contributed by atoms with Gasteiger partial charge in [-0.05, 0) is 56.3 Å². The lowest BCUT2D eigenvalue weighted by Crippen LogP contribution is -2.74. The summed E-state index contributed by atoms with van der Waals surface area (Å²) in [5.74, 6) is -1.79. The van der Waals surface area contributed by atoms with Gasteiger partial charge in [-0.2, -0.15) is 0 Å². The molecule has 0 aromatic heterocycles. The highest BCUT2D eigenvalue weighted by Gasteiger charge is 2.77. The Kier molecular flexibility index (Phi) is 6.18. The Hall–Kier alpha value is -1.81. The molecule has 5 fully saturated rings. The van der Waals surface area contributed by atoms with Gasteiger partial charge >= 0.3 is 5.97 Å². The summed E-state index contributed by atoms with van der Waals surface area (Å²) in [4.78, 5) is 38.1. The van der Waals surface area contributed by atoms with Gasteiger partial charge in [0.05, 0.1) is 34.9 Å². The summed E-state index contributed by atoms with van der Waals surface area (Å²) in [6, 6.07) is 0. The van der Waals surface area contributed by atoms with Crippen LogP contribution in [0.1, 0.15) is 65.2 Å². The summed E-state index contributed by atoms with van der Waals surface area (Å²) in [6.07, 6.45) is 3.86. The van der Waals surface area contributed by atoms with E-state index in [2.05, 4.69) is 6.92 Å². The van der Waals surface area contributed by atoms with E-state index in [0.717, 1.165) is 19.0 Å². The van der Waals surface area contributed by atoms with Gasteiger partial charge < -0.3 is 34.3 Å². The van der Waals surface area contributed by atoms with E-state index >= 15 is 0 Å². The lowest BCUT2D eigenvalue weighted by atomic mass is 9.40. The molecule has 0 radical (unpaired) electrons. The van der Waals surface area contributed by atoms with Crippen molar-refractivity contribution < 1.29 is 43.9 Å². The fourth-order valence-corrected chi connectivity index (χ4v) is 9.63. The molecule has 0 aromatic carbocycles. The molecule has 9 nitrogen and oxygen atoms in total. The van der Waals surface area contributed by atoms with Gasteiger partial charge in [0.15, 0.2) is 12.1 Å². The molecule has 0 aromatic rings. The minimum Gasteiger partial charge on any atom is -0.515 e. The van der Waals surface area contributed by atoms with Gasteiger partial charge in [-0.1, -0.05) is 6.92 Å². The van der Waals surface area contributed by atoms with Crippen LogP contribution in [0.3, 0.4) is 0 Å². The van der Waals surface area contributed by atoms with Crippen LogP contribution in [0.15, 0.2) is 12.3 Å². The van der Waals surface area contributed by atoms with Gasteiger partial charge in [-0.25, -0.2) is 0 Å². The molecule has 5 aliphatic rings. The van der Waals surface area contributed by atoms with Crippen molar-refractivity contribution in [3.63, 3.8) is 0 Å². The Morgan fingerprint density at radius 3 is 2.42 bits per heavy atom. The van der Waals surface area contributed by atoms with Crippen LogP contribution in [0.5, 0.6) is 0 Å². The van der Waals surface area contributed by atoms with E-state index in [1.807, 2.05) is 0 Å². The second kappa shape index (κ2) is 8.61. The third-order valence-corrected chi connectivity index (χ3v) is 10.9. The van der Waals surface area contributed by atoms with Gasteiger partial charge in [-0.15, -0.1) is 0 Å². The van der Waals surface area contributed by atoms with Crippen molar-refractivity contribution in [2.24, 2.45) is 34.5 Å². The van der Waals surface area contributed by atoms with Crippen LogP contribution in [-0.2, 0) is 28.6 Å². The molecule has 5 rings (SSSR count). The summed E-state index contributed by atoms with van der Waals surface area (Å²) in [7, 11) is 1.51. The number of esters is 1. The average Bonchev–Trinajstić information content (AvgIpc) is 2.98. The van der Waals surface area contributed by atoms with Gasteiger partial charge in [-0.3, -0.25) is 9.59 Å². The number of rotatable bonds is 5. The van der Waals surface area contributed by atoms with Crippen LogP contribution in [0, 0.1) is 34.5 Å². The van der Waals surface area contributed by atoms with Gasteiger partial charge in [0.1, 0.15) is 12.4 Å². The van der Waals surface area contributed by atoms with Crippen LogP contribution >= 0.6 is 0 Å². The number of hydrogen-bond acceptors (Lipinski definition) is 9. The minimum absolute atomic E-state index is 0.0220. The number of carbonyl (C=O) groups is 3. The van der Waals surface area contributed by atoms with Crippen LogP contribution in [0.4, 0.5) is 0 Å². The summed E-state index contributed by atoms with van der Waals surface area (Å²) in [5.41, 5.74) is -3.88. The predicted molar refractivity (Wildman–Crippen MR) is 125 cm³/mol. The molecule has 2 bridgehead atoms. The fraction of sp³-hybridized carbons (Fsp3) is 0.815. The normalized spacial score (nSPS) is 51.6. The maximum Gasteiger partial charge on any atom is 0.302 e. The van der Waals surface area contributed by atoms with Gasteiger partial charge in [0.25, 0.3) is 0 Å². The number of allylic oxidation sites excluding steroid dienone is 1. The molecule has 11 atom stereocenters. The number of hydrogen-bond donors (Lipinski definition) is 3. The topological polar surface area (TPSA) is 140 Å². The van der Waals surface area contributed by atoms with Crippen LogP contribution in [0.25, 0.3) is 0 Å². The lowest BCUT2D eigenvalue weighted by molar-refractivity contribution is -0.343. The number of aldehydes is 1. The maximum absolute atomic E-state index is 13.1. The number of carbonyl (C=O) groups excluding carboxylic acids is 3. The third-order valence-electron chi connectivity index (χ3n) is 10.9. The number of methoxy groups -OCH3 is 1. The molecule has 0 amide bonds. The van der Waals surface area contributed by atoms with Gasteiger partial charge in [0, 0.05) is 38.4 Å². The van der Waals surface area contributed by atoms with E-state index in [-0.39, 0.29) is 48.2 Å². The second-order valence-electron chi connectivity index (χ2n) is 12.0. The summed E-state index contributed by atoms with van der Waals surface area (Å²) >= 11 is 0. The van der Waals surface area contributed by atoms with Crippen molar-refractivity contribution >= 4 is 18.0 Å². The summed E-state index contributed by atoms with van der Waals surface area (Å²) in [6.45, 7) is 3.45. The van der Waals surface area contributed by atoms with Crippen molar-refractivity contribution in [1.82, 2.24) is 0 Å². The molecule has 36 heavy (non-hydrogen) atoms. The van der Waals surface area contributed by atoms with E-state index < -0.39 is 47.0 Å². The van der Waals surface area contributed by atoms with Gasteiger partial charge in [0.2, 0.25) is 0 Å². The zero-order valence-electron chi connectivity index (χ0n) is 21.2. The third kappa shape index (κ3) is 3.12. The smallest absolute Gasteiger partial charge is 0.302 e. The standard InChI is InChI=1S/C27H38O9/c1-15(30)35-21-12-16(31)13-25(33)9-5-18-17(26(21,25)14-29)4-8-24(2)19-6-10-27(18,24)36-23(34-3)22(19)20(32)7-11-28/h7,11,14,16-19,21-23,28,31,33H,4-6,8-10,12-13H2,1-3H3/b11-7+/t16-,17-,18+,19+,21+,22?,23-,24+,25-,26-,27-/m0/s1. The van der Waals surface area contributed by atoms with Crippen molar-refractivity contribution in [2.75, 3.05) is 7.11 Å². The number of aliphatic hydroxyl groups excluding tert-OH is 2. The first-order valence-electron chi connectivity index (χ1n) is 13.1. The van der Waals surface area contributed by atoms with E-state index in [4.69, 9.17) is 14.2 Å². The summed E-state index contributed by atoms with van der Waals surface area (Å²) < 4.78 is 18.2. The molecular formula is C27H38O9. The Balaban J connectivity index is 1.59. The van der Waals surface area contributed by atoms with Crippen molar-refractivity contribution in [3.05, 3.63) is 12.3 Å². The van der Waals surface area contributed by atoms with Crippen molar-refractivity contribution in [3.8, 4) is 0 Å². The minimum atomic E-state index is -1.49. The van der Waals surface area contributed by atoms with Crippen LogP contribution in [-0.4, -0.2) is 70.2 Å². The fourth-order valence-electron chi connectivity index (χ4n) is 9.63. The lowest BCUT2D eigenvalue weighted by Gasteiger charge is -2.68. The highest BCUT2D eigenvalue weighted by molar-refractivity contribution is 5.92. The zero-order valence-corrected chi connectivity index (χ0v) is 21.2. The highest BCUT2D eigenvalue weighted by atomic mass is 16.7. The molecule has 1 aliphatic heterocycles. The first-order valence-corrected chi connectivity index (χ1v) is 13.1. The number of ketones is 1. The van der Waals surface area contributed by atoms with Crippen molar-refractivity contribution in [2.45, 2.75) is 94.9 Å².